The predicted molar refractivity (Wildman–Crippen MR) is 85.4 cm³/mol. The number of hydrogen-bond donors (Lipinski definition) is 1. The van der Waals surface area contributed by atoms with Crippen molar-refractivity contribution in [3.63, 3.8) is 0 Å². The van der Waals surface area contributed by atoms with Gasteiger partial charge >= 0.3 is 0 Å². The Hall–Kier alpha value is -1.10. The molecule has 2 saturated heterocycles. The summed E-state index contributed by atoms with van der Waals surface area (Å²) < 4.78 is 11.4. The number of benzene rings is 1. The number of nitrogens with one attached hydrogen (secondary N) is 1. The lowest BCUT2D eigenvalue weighted by Gasteiger charge is -2.43. The standard InChI is InChI=1S/C17H22ClNO3/c1-12-10-13(18)2-3-15(12)16(20)19-14-4-7-22-17(11-14)5-8-21-9-6-17/h2-3,10,14H,4-9,11H2,1H3,(H,19,20). The van der Waals surface area contributed by atoms with Gasteiger partial charge in [0, 0.05) is 36.4 Å². The lowest BCUT2D eigenvalue weighted by Crippen LogP contribution is -2.51. The molecular weight excluding hydrogens is 302 g/mol. The SMILES string of the molecule is Cc1cc(Cl)ccc1C(=O)NC1CCOC2(CCOCC2)C1. The van der Waals surface area contributed by atoms with Crippen LogP contribution in [0.5, 0.6) is 0 Å². The Morgan fingerprint density at radius 2 is 2.09 bits per heavy atom. The fourth-order valence-electron chi connectivity index (χ4n) is 3.39. The van der Waals surface area contributed by atoms with Crippen molar-refractivity contribution in [2.24, 2.45) is 0 Å². The normalized spacial score (nSPS) is 24.2. The van der Waals surface area contributed by atoms with Crippen molar-refractivity contribution in [1.82, 2.24) is 5.32 Å². The van der Waals surface area contributed by atoms with Gasteiger partial charge in [-0.1, -0.05) is 11.6 Å². The molecule has 0 radical (unpaired) electrons. The second-order valence-electron chi connectivity index (χ2n) is 6.27. The van der Waals surface area contributed by atoms with E-state index in [1.54, 1.807) is 12.1 Å². The molecule has 1 amide bonds. The molecule has 120 valence electrons. The van der Waals surface area contributed by atoms with E-state index in [4.69, 9.17) is 21.1 Å². The molecule has 1 unspecified atom stereocenters. The first kappa shape index (κ1) is 15.8. The Bertz CT molecular complexity index is 549. The van der Waals surface area contributed by atoms with Gasteiger partial charge in [-0.05, 0) is 56.4 Å². The van der Waals surface area contributed by atoms with E-state index in [9.17, 15) is 4.79 Å². The first-order valence-corrected chi connectivity index (χ1v) is 8.25. The van der Waals surface area contributed by atoms with Gasteiger partial charge in [0.25, 0.3) is 5.91 Å². The quantitative estimate of drug-likeness (QED) is 0.909. The third kappa shape index (κ3) is 3.45. The smallest absolute Gasteiger partial charge is 0.251 e. The van der Waals surface area contributed by atoms with Crippen LogP contribution in [0.25, 0.3) is 0 Å². The van der Waals surface area contributed by atoms with E-state index < -0.39 is 0 Å². The molecule has 1 aromatic rings. The van der Waals surface area contributed by atoms with Crippen LogP contribution in [0.3, 0.4) is 0 Å². The second-order valence-corrected chi connectivity index (χ2v) is 6.70. The van der Waals surface area contributed by atoms with Gasteiger partial charge < -0.3 is 14.8 Å². The molecular formula is C17H22ClNO3. The van der Waals surface area contributed by atoms with Crippen molar-refractivity contribution < 1.29 is 14.3 Å². The fraction of sp³-hybridized carbons (Fsp3) is 0.588. The van der Waals surface area contributed by atoms with E-state index in [1.165, 1.54) is 0 Å². The molecule has 1 N–H and O–H groups in total. The van der Waals surface area contributed by atoms with E-state index in [0.717, 1.165) is 44.5 Å². The Balaban J connectivity index is 1.66. The van der Waals surface area contributed by atoms with Gasteiger partial charge in [0.2, 0.25) is 0 Å². The zero-order chi connectivity index (χ0) is 15.6. The van der Waals surface area contributed by atoms with Crippen LogP contribution in [-0.4, -0.2) is 37.4 Å². The molecule has 2 heterocycles. The summed E-state index contributed by atoms with van der Waals surface area (Å²) in [4.78, 5) is 12.5. The maximum Gasteiger partial charge on any atom is 0.251 e. The van der Waals surface area contributed by atoms with Crippen LogP contribution < -0.4 is 5.32 Å². The van der Waals surface area contributed by atoms with Gasteiger partial charge in [0.05, 0.1) is 5.60 Å². The van der Waals surface area contributed by atoms with Gasteiger partial charge in [-0.15, -0.1) is 0 Å². The molecule has 1 spiro atoms. The van der Waals surface area contributed by atoms with Crippen molar-refractivity contribution in [2.45, 2.75) is 44.2 Å². The summed E-state index contributed by atoms with van der Waals surface area (Å²) in [6, 6.07) is 5.53. The number of halogens is 1. The largest absolute Gasteiger partial charge is 0.381 e. The minimum atomic E-state index is -0.108. The van der Waals surface area contributed by atoms with E-state index in [2.05, 4.69) is 5.32 Å². The van der Waals surface area contributed by atoms with Crippen molar-refractivity contribution in [2.75, 3.05) is 19.8 Å². The van der Waals surface area contributed by atoms with Crippen molar-refractivity contribution in [3.8, 4) is 0 Å². The van der Waals surface area contributed by atoms with Gasteiger partial charge in [-0.3, -0.25) is 4.79 Å². The molecule has 3 rings (SSSR count). The zero-order valence-corrected chi connectivity index (χ0v) is 13.6. The molecule has 0 saturated carbocycles. The summed E-state index contributed by atoms with van der Waals surface area (Å²) in [5.74, 6) is -0.0247. The highest BCUT2D eigenvalue weighted by Gasteiger charge is 2.39. The molecule has 2 aliphatic rings. The molecule has 0 aliphatic carbocycles. The van der Waals surface area contributed by atoms with Crippen LogP contribution in [0.4, 0.5) is 0 Å². The second kappa shape index (κ2) is 6.57. The lowest BCUT2D eigenvalue weighted by molar-refractivity contribution is -0.139. The lowest BCUT2D eigenvalue weighted by atomic mass is 9.84. The first-order chi connectivity index (χ1) is 10.6. The third-order valence-electron chi connectivity index (χ3n) is 4.67. The number of aryl methyl sites for hydroxylation is 1. The molecule has 1 atom stereocenters. The Labute approximate surface area is 136 Å². The van der Waals surface area contributed by atoms with Crippen LogP contribution in [0.2, 0.25) is 5.02 Å². The van der Waals surface area contributed by atoms with Gasteiger partial charge in [0.15, 0.2) is 0 Å². The average Bonchev–Trinajstić information content (AvgIpc) is 2.48. The van der Waals surface area contributed by atoms with Crippen molar-refractivity contribution in [3.05, 3.63) is 34.3 Å². The minimum absolute atomic E-state index is 0.0247. The topological polar surface area (TPSA) is 47.6 Å². The van der Waals surface area contributed by atoms with Crippen molar-refractivity contribution >= 4 is 17.5 Å². The molecule has 2 aliphatic heterocycles. The maximum atomic E-state index is 12.5. The van der Waals surface area contributed by atoms with Crippen molar-refractivity contribution in [1.29, 1.82) is 0 Å². The summed E-state index contributed by atoms with van der Waals surface area (Å²) in [6.07, 6.45) is 3.56. The van der Waals surface area contributed by atoms with E-state index in [0.29, 0.717) is 17.2 Å². The first-order valence-electron chi connectivity index (χ1n) is 7.87. The Morgan fingerprint density at radius 1 is 1.32 bits per heavy atom. The highest BCUT2D eigenvalue weighted by atomic mass is 35.5. The molecule has 0 bridgehead atoms. The molecule has 5 heteroatoms. The van der Waals surface area contributed by atoms with Gasteiger partial charge in [-0.2, -0.15) is 0 Å². The molecule has 4 nitrogen and oxygen atoms in total. The monoisotopic (exact) mass is 323 g/mol. The predicted octanol–water partition coefficient (Wildman–Crippen LogP) is 3.11. The summed E-state index contributed by atoms with van der Waals surface area (Å²) >= 11 is 5.95. The summed E-state index contributed by atoms with van der Waals surface area (Å²) in [5, 5.41) is 3.82. The molecule has 2 fully saturated rings. The molecule has 0 aromatic heterocycles. The summed E-state index contributed by atoms with van der Waals surface area (Å²) in [7, 11) is 0. The number of carbonyl (C=O) groups is 1. The van der Waals surface area contributed by atoms with Crippen LogP contribution in [-0.2, 0) is 9.47 Å². The number of amides is 1. The van der Waals surface area contributed by atoms with E-state index >= 15 is 0 Å². The molecule has 22 heavy (non-hydrogen) atoms. The number of ether oxygens (including phenoxy) is 2. The van der Waals surface area contributed by atoms with Crippen LogP contribution in [0.15, 0.2) is 18.2 Å². The van der Waals surface area contributed by atoms with E-state index in [-0.39, 0.29) is 17.6 Å². The zero-order valence-electron chi connectivity index (χ0n) is 12.9. The minimum Gasteiger partial charge on any atom is -0.381 e. The van der Waals surface area contributed by atoms with Crippen LogP contribution in [0, 0.1) is 6.92 Å². The fourth-order valence-corrected chi connectivity index (χ4v) is 3.61. The van der Waals surface area contributed by atoms with Gasteiger partial charge in [0.1, 0.15) is 0 Å². The Morgan fingerprint density at radius 3 is 2.82 bits per heavy atom. The number of rotatable bonds is 2. The van der Waals surface area contributed by atoms with Crippen LogP contribution in [0.1, 0.15) is 41.6 Å². The molecule has 1 aromatic carbocycles. The average molecular weight is 324 g/mol. The third-order valence-corrected chi connectivity index (χ3v) is 4.90. The highest BCUT2D eigenvalue weighted by molar-refractivity contribution is 6.30. The van der Waals surface area contributed by atoms with Gasteiger partial charge in [-0.25, -0.2) is 0 Å². The number of carbonyl (C=O) groups excluding carboxylic acids is 1. The van der Waals surface area contributed by atoms with E-state index in [1.807, 2.05) is 13.0 Å². The summed E-state index contributed by atoms with van der Waals surface area (Å²) in [6.45, 7) is 4.10. The number of hydrogen-bond acceptors (Lipinski definition) is 3. The highest BCUT2D eigenvalue weighted by Crippen LogP contribution is 2.34. The van der Waals surface area contributed by atoms with Crippen LogP contribution >= 0.6 is 11.6 Å². The maximum absolute atomic E-state index is 12.5. The Kier molecular flexibility index (Phi) is 4.71. The summed E-state index contributed by atoms with van der Waals surface area (Å²) in [5.41, 5.74) is 1.48.